The summed E-state index contributed by atoms with van der Waals surface area (Å²) in [7, 11) is 0. The van der Waals surface area contributed by atoms with E-state index >= 15 is 0 Å². The minimum absolute atomic E-state index is 0.0246. The fourth-order valence-corrected chi connectivity index (χ4v) is 3.41. The van der Waals surface area contributed by atoms with Gasteiger partial charge in [-0.3, -0.25) is 24.0 Å². The van der Waals surface area contributed by atoms with Gasteiger partial charge in [-0.05, 0) is 24.3 Å². The Morgan fingerprint density at radius 1 is 0.784 bits per heavy atom. The van der Waals surface area contributed by atoms with Crippen LogP contribution in [0.5, 0.6) is 0 Å². The lowest BCUT2D eigenvalue weighted by atomic mass is 10.0. The molecular weight excluding hydrogens is 488 g/mol. The molecule has 1 rings (SSSR count). The molecule has 13 nitrogen and oxygen atoms in total. The van der Waals surface area contributed by atoms with Crippen molar-refractivity contribution in [3.63, 3.8) is 0 Å². The van der Waals surface area contributed by atoms with E-state index in [1.54, 1.807) is 30.3 Å². The topological polar surface area (TPSA) is 225 Å². The molecule has 3 amide bonds. The number of aliphatic carboxylic acids is 3. The highest BCUT2D eigenvalue weighted by molar-refractivity contribution is 5.95. The number of carboxylic acids is 3. The van der Waals surface area contributed by atoms with Crippen molar-refractivity contribution >= 4 is 35.6 Å². The van der Waals surface area contributed by atoms with E-state index in [2.05, 4.69) is 10.6 Å². The number of carbonyl (C=O) groups is 6. The lowest BCUT2D eigenvalue weighted by molar-refractivity contribution is -0.147. The Balaban J connectivity index is 3.14. The highest BCUT2D eigenvalue weighted by Crippen LogP contribution is 2.08. The van der Waals surface area contributed by atoms with Crippen molar-refractivity contribution < 1.29 is 44.1 Å². The third kappa shape index (κ3) is 12.0. The zero-order valence-corrected chi connectivity index (χ0v) is 20.7. The minimum Gasteiger partial charge on any atom is -0.481 e. The first-order valence-electron chi connectivity index (χ1n) is 11.7. The van der Waals surface area contributed by atoms with Crippen LogP contribution in [0, 0.1) is 5.92 Å². The number of amides is 3. The predicted octanol–water partition coefficient (Wildman–Crippen LogP) is -0.519. The molecule has 0 aliphatic rings. The van der Waals surface area contributed by atoms with E-state index in [1.807, 2.05) is 19.2 Å². The summed E-state index contributed by atoms with van der Waals surface area (Å²) in [5.41, 5.74) is 6.62. The Kier molecular flexibility index (Phi) is 12.7. The first-order valence-corrected chi connectivity index (χ1v) is 11.7. The maximum Gasteiger partial charge on any atom is 0.326 e. The Morgan fingerprint density at radius 2 is 1.32 bits per heavy atom. The van der Waals surface area contributed by atoms with E-state index in [1.165, 1.54) is 0 Å². The quantitative estimate of drug-likeness (QED) is 0.147. The first kappa shape index (κ1) is 31.0. The summed E-state index contributed by atoms with van der Waals surface area (Å²) in [5, 5.41) is 34.1. The predicted molar refractivity (Wildman–Crippen MR) is 130 cm³/mol. The van der Waals surface area contributed by atoms with Gasteiger partial charge in [0.05, 0.1) is 12.5 Å². The van der Waals surface area contributed by atoms with Gasteiger partial charge < -0.3 is 37.0 Å². The average molecular weight is 523 g/mol. The molecule has 1 aromatic rings. The zero-order chi connectivity index (χ0) is 28.1. The molecule has 0 aliphatic heterocycles. The summed E-state index contributed by atoms with van der Waals surface area (Å²) in [6.07, 6.45) is -1.51. The molecule has 4 atom stereocenters. The van der Waals surface area contributed by atoms with Crippen LogP contribution in [0.1, 0.15) is 45.1 Å². The molecule has 0 heterocycles. The number of nitrogens with two attached hydrogens (primary N) is 1. The maximum absolute atomic E-state index is 13.2. The molecule has 13 heteroatoms. The highest BCUT2D eigenvalue weighted by atomic mass is 16.4. The number of hydrogen-bond acceptors (Lipinski definition) is 7. The van der Waals surface area contributed by atoms with E-state index in [4.69, 9.17) is 15.9 Å². The standard InChI is InChI=1S/C24H34N4O9/c1-13(2)10-15(25)21(33)27-17(11-14-6-4-3-5-7-14)23(35)26-16(8-9-19(29)30)22(34)28-18(24(36)37)12-20(31)32/h3-7,13,15-18H,8-12,25H2,1-2H3,(H,26,35)(H,27,33)(H,28,34)(H,29,30)(H,31,32)(H,36,37)/t15-,16-,17-,18-/m0/s1. The van der Waals surface area contributed by atoms with E-state index in [-0.39, 0.29) is 12.3 Å². The van der Waals surface area contributed by atoms with Crippen LogP contribution in [-0.4, -0.2) is 75.1 Å². The Bertz CT molecular complexity index is 968. The smallest absolute Gasteiger partial charge is 0.326 e. The second-order valence-corrected chi connectivity index (χ2v) is 8.98. The second-order valence-electron chi connectivity index (χ2n) is 8.98. The van der Waals surface area contributed by atoms with Crippen molar-refractivity contribution in [3.8, 4) is 0 Å². The number of benzene rings is 1. The van der Waals surface area contributed by atoms with Gasteiger partial charge in [0.25, 0.3) is 0 Å². The SMILES string of the molecule is CC(C)C[C@H](N)C(=O)N[C@@H](Cc1ccccc1)C(=O)N[C@@H](CCC(=O)O)C(=O)N[C@@H](CC(=O)O)C(=O)O. The maximum atomic E-state index is 13.2. The molecule has 1 aromatic carbocycles. The van der Waals surface area contributed by atoms with Crippen molar-refractivity contribution in [2.75, 3.05) is 0 Å². The normalized spacial score (nSPS) is 14.1. The van der Waals surface area contributed by atoms with Crippen LogP contribution in [0.25, 0.3) is 0 Å². The molecule has 0 saturated heterocycles. The summed E-state index contributed by atoms with van der Waals surface area (Å²) in [4.78, 5) is 71.9. The number of carboxylic acid groups (broad SMARTS) is 3. The lowest BCUT2D eigenvalue weighted by Gasteiger charge is -2.25. The van der Waals surface area contributed by atoms with Crippen LogP contribution >= 0.6 is 0 Å². The van der Waals surface area contributed by atoms with E-state index < -0.39 is 79.1 Å². The molecule has 0 aliphatic carbocycles. The highest BCUT2D eigenvalue weighted by Gasteiger charge is 2.31. The molecule has 8 N–H and O–H groups in total. The van der Waals surface area contributed by atoms with Gasteiger partial charge >= 0.3 is 17.9 Å². The Morgan fingerprint density at radius 3 is 1.84 bits per heavy atom. The van der Waals surface area contributed by atoms with E-state index in [9.17, 15) is 33.9 Å². The summed E-state index contributed by atoms with van der Waals surface area (Å²) >= 11 is 0. The van der Waals surface area contributed by atoms with Gasteiger partial charge in [-0.15, -0.1) is 0 Å². The van der Waals surface area contributed by atoms with Crippen molar-refractivity contribution in [3.05, 3.63) is 35.9 Å². The third-order valence-electron chi connectivity index (χ3n) is 5.25. The van der Waals surface area contributed by atoms with Gasteiger partial charge in [-0.2, -0.15) is 0 Å². The molecule has 0 radical (unpaired) electrons. The molecule has 0 fully saturated rings. The monoisotopic (exact) mass is 522 g/mol. The Hall–Kier alpha value is -4.00. The number of carbonyl (C=O) groups excluding carboxylic acids is 3. The largest absolute Gasteiger partial charge is 0.481 e. The average Bonchev–Trinajstić information content (AvgIpc) is 2.80. The van der Waals surface area contributed by atoms with Crippen LogP contribution < -0.4 is 21.7 Å². The molecular formula is C24H34N4O9. The number of rotatable bonds is 16. The van der Waals surface area contributed by atoms with Crippen LogP contribution in [0.15, 0.2) is 30.3 Å². The molecule has 0 saturated carbocycles. The van der Waals surface area contributed by atoms with Crippen molar-refractivity contribution in [1.29, 1.82) is 0 Å². The lowest BCUT2D eigenvalue weighted by Crippen LogP contribution is -2.57. The second kappa shape index (κ2) is 15.2. The van der Waals surface area contributed by atoms with E-state index in [0.717, 1.165) is 0 Å². The number of hydrogen-bond donors (Lipinski definition) is 7. The molecule has 0 bridgehead atoms. The zero-order valence-electron chi connectivity index (χ0n) is 20.7. The van der Waals surface area contributed by atoms with Crippen LogP contribution in [0.4, 0.5) is 0 Å². The van der Waals surface area contributed by atoms with Crippen molar-refractivity contribution in [2.24, 2.45) is 11.7 Å². The van der Waals surface area contributed by atoms with Gasteiger partial charge in [-0.25, -0.2) is 4.79 Å². The summed E-state index contributed by atoms with van der Waals surface area (Å²) < 4.78 is 0. The van der Waals surface area contributed by atoms with Gasteiger partial charge in [0.2, 0.25) is 17.7 Å². The third-order valence-corrected chi connectivity index (χ3v) is 5.25. The first-order chi connectivity index (χ1) is 17.3. The Labute approximate surface area is 213 Å². The molecule has 0 spiro atoms. The summed E-state index contributed by atoms with van der Waals surface area (Å²) in [6.45, 7) is 3.75. The molecule has 0 aromatic heterocycles. The van der Waals surface area contributed by atoms with Gasteiger partial charge in [0.1, 0.15) is 18.1 Å². The van der Waals surface area contributed by atoms with Gasteiger partial charge in [0, 0.05) is 12.8 Å². The van der Waals surface area contributed by atoms with E-state index in [0.29, 0.717) is 12.0 Å². The minimum atomic E-state index is -1.80. The van der Waals surface area contributed by atoms with Crippen LogP contribution in [0.3, 0.4) is 0 Å². The summed E-state index contributed by atoms with van der Waals surface area (Å²) in [5.74, 6) is -6.77. The summed E-state index contributed by atoms with van der Waals surface area (Å²) in [6, 6.07) is 3.26. The van der Waals surface area contributed by atoms with Crippen molar-refractivity contribution in [1.82, 2.24) is 16.0 Å². The van der Waals surface area contributed by atoms with Crippen LogP contribution in [-0.2, 0) is 35.2 Å². The van der Waals surface area contributed by atoms with Gasteiger partial charge in [-0.1, -0.05) is 44.2 Å². The fraction of sp³-hybridized carbons (Fsp3) is 0.500. The number of nitrogens with one attached hydrogen (secondary N) is 3. The molecule has 204 valence electrons. The van der Waals surface area contributed by atoms with Gasteiger partial charge in [0.15, 0.2) is 0 Å². The molecule has 37 heavy (non-hydrogen) atoms. The fourth-order valence-electron chi connectivity index (χ4n) is 3.41. The van der Waals surface area contributed by atoms with Crippen molar-refractivity contribution in [2.45, 2.75) is 70.1 Å². The molecule has 0 unspecified atom stereocenters. The van der Waals surface area contributed by atoms with Crippen LogP contribution in [0.2, 0.25) is 0 Å².